The molecule has 2 heterocycles. The molecule has 1 atom stereocenters. The highest BCUT2D eigenvalue weighted by Crippen LogP contribution is 2.33. The summed E-state index contributed by atoms with van der Waals surface area (Å²) in [6.07, 6.45) is 3.02. The first-order valence-electron chi connectivity index (χ1n) is 9.38. The third kappa shape index (κ3) is 4.64. The second-order valence-electron chi connectivity index (χ2n) is 8.08. The summed E-state index contributed by atoms with van der Waals surface area (Å²) in [5.41, 5.74) is 2.10. The van der Waals surface area contributed by atoms with Gasteiger partial charge in [0.05, 0.1) is 19.5 Å². The van der Waals surface area contributed by atoms with Gasteiger partial charge in [0.2, 0.25) is 5.88 Å². The highest BCUT2D eigenvalue weighted by Gasteiger charge is 2.35. The number of carbonyl (C=O) groups excluding carboxylic acids is 1. The average molecular weight is 399 g/mol. The van der Waals surface area contributed by atoms with E-state index in [4.69, 9.17) is 4.74 Å². The summed E-state index contributed by atoms with van der Waals surface area (Å²) in [7, 11) is 1.28. The Morgan fingerprint density at radius 2 is 1.93 bits per heavy atom. The molecule has 0 saturated heterocycles. The van der Waals surface area contributed by atoms with Crippen molar-refractivity contribution in [2.24, 2.45) is 5.41 Å². The van der Waals surface area contributed by atoms with Gasteiger partial charge in [-0.05, 0) is 41.5 Å². The van der Waals surface area contributed by atoms with Crippen molar-refractivity contribution in [3.63, 3.8) is 0 Å². The number of ether oxygens (including phenoxy) is 2. The van der Waals surface area contributed by atoms with Crippen LogP contribution in [0.15, 0.2) is 30.6 Å². The molecule has 0 aliphatic carbocycles. The first kappa shape index (κ1) is 20.6. The monoisotopic (exact) mass is 399 g/mol. The fourth-order valence-corrected chi connectivity index (χ4v) is 3.52. The van der Waals surface area contributed by atoms with E-state index < -0.39 is 12.1 Å². The first-order chi connectivity index (χ1) is 13.7. The van der Waals surface area contributed by atoms with E-state index in [-0.39, 0.29) is 23.0 Å². The Morgan fingerprint density at radius 1 is 1.17 bits per heavy atom. The maximum absolute atomic E-state index is 11.8. The van der Waals surface area contributed by atoms with Crippen LogP contribution in [-0.2, 0) is 17.6 Å². The number of rotatable bonds is 3. The van der Waals surface area contributed by atoms with Crippen LogP contribution in [0, 0.1) is 5.41 Å². The van der Waals surface area contributed by atoms with Crippen LogP contribution in [0.3, 0.4) is 0 Å². The normalized spacial score (nSPS) is 16.6. The largest absolute Gasteiger partial charge is 0.465 e. The zero-order valence-electron chi connectivity index (χ0n) is 17.0. The van der Waals surface area contributed by atoms with E-state index in [1.807, 2.05) is 18.2 Å². The van der Waals surface area contributed by atoms with Crippen LogP contribution in [0.4, 0.5) is 4.79 Å². The summed E-state index contributed by atoms with van der Waals surface area (Å²) < 4.78 is 10.4. The maximum Gasteiger partial charge on any atom is 0.407 e. The summed E-state index contributed by atoms with van der Waals surface area (Å²) in [5, 5.41) is 9.66. The predicted octanol–water partition coefficient (Wildman–Crippen LogP) is 3.55. The smallest absolute Gasteiger partial charge is 0.407 e. The molecule has 0 saturated carbocycles. The molecule has 0 bridgehead atoms. The van der Waals surface area contributed by atoms with Crippen molar-refractivity contribution in [2.45, 2.75) is 39.7 Å². The molecule has 0 radical (unpaired) electrons. The van der Waals surface area contributed by atoms with Gasteiger partial charge in [0, 0.05) is 12.6 Å². The van der Waals surface area contributed by atoms with E-state index >= 15 is 0 Å². The van der Waals surface area contributed by atoms with E-state index in [0.29, 0.717) is 25.1 Å². The number of carbonyl (C=O) groups is 2. The van der Waals surface area contributed by atoms with E-state index in [0.717, 1.165) is 11.1 Å². The van der Waals surface area contributed by atoms with Crippen LogP contribution < -0.4 is 4.74 Å². The van der Waals surface area contributed by atoms with Gasteiger partial charge < -0.3 is 19.5 Å². The Kier molecular flexibility index (Phi) is 5.72. The van der Waals surface area contributed by atoms with Gasteiger partial charge in [-0.25, -0.2) is 19.6 Å². The van der Waals surface area contributed by atoms with Gasteiger partial charge in [-0.2, -0.15) is 0 Å². The van der Waals surface area contributed by atoms with E-state index in [1.54, 1.807) is 0 Å². The highest BCUT2D eigenvalue weighted by molar-refractivity contribution is 5.86. The van der Waals surface area contributed by atoms with Gasteiger partial charge in [0.15, 0.2) is 5.69 Å². The number of hydrogen-bond donors (Lipinski definition) is 1. The lowest BCUT2D eigenvalue weighted by molar-refractivity contribution is 0.0593. The van der Waals surface area contributed by atoms with Gasteiger partial charge in [-0.3, -0.25) is 0 Å². The molecule has 2 aromatic rings. The van der Waals surface area contributed by atoms with E-state index in [2.05, 4.69) is 35.5 Å². The van der Waals surface area contributed by atoms with Crippen molar-refractivity contribution in [3.05, 3.63) is 47.4 Å². The summed E-state index contributed by atoms with van der Waals surface area (Å²) in [6, 6.07) is 5.62. The molecule has 1 aromatic heterocycles. The van der Waals surface area contributed by atoms with Crippen LogP contribution in [0.1, 0.15) is 42.4 Å². The number of hydrogen-bond acceptors (Lipinski definition) is 6. The molecular weight excluding hydrogens is 374 g/mol. The SMILES string of the molecule is COC(=O)c1cnc(Oc2ccc3c(c2)CCN(C(=O)O)C(C(C)(C)C)C3)cn1. The molecule has 1 aliphatic rings. The fraction of sp³-hybridized carbons (Fsp3) is 0.429. The number of nitrogens with zero attached hydrogens (tertiary/aromatic N) is 3. The van der Waals surface area contributed by atoms with E-state index in [9.17, 15) is 14.7 Å². The van der Waals surface area contributed by atoms with Crippen molar-refractivity contribution in [3.8, 4) is 11.6 Å². The van der Waals surface area contributed by atoms with Crippen LogP contribution in [0.5, 0.6) is 11.6 Å². The molecule has 1 aromatic carbocycles. The highest BCUT2D eigenvalue weighted by atomic mass is 16.5. The summed E-state index contributed by atoms with van der Waals surface area (Å²) in [5.74, 6) is 0.274. The van der Waals surface area contributed by atoms with E-state index in [1.165, 1.54) is 24.4 Å². The van der Waals surface area contributed by atoms with Gasteiger partial charge in [0.1, 0.15) is 5.75 Å². The third-order valence-corrected chi connectivity index (χ3v) is 5.08. The second-order valence-corrected chi connectivity index (χ2v) is 8.08. The number of esters is 1. The number of methoxy groups -OCH3 is 1. The second kappa shape index (κ2) is 8.06. The Hall–Kier alpha value is -3.16. The van der Waals surface area contributed by atoms with Gasteiger partial charge >= 0.3 is 12.1 Å². The van der Waals surface area contributed by atoms with Gasteiger partial charge in [0.25, 0.3) is 0 Å². The Bertz CT molecular complexity index is 906. The molecule has 0 spiro atoms. The average Bonchev–Trinajstić information content (AvgIpc) is 2.87. The lowest BCUT2D eigenvalue weighted by atomic mass is 9.82. The fourth-order valence-electron chi connectivity index (χ4n) is 3.52. The molecule has 1 unspecified atom stereocenters. The van der Waals surface area contributed by atoms with Crippen LogP contribution >= 0.6 is 0 Å². The molecule has 1 aliphatic heterocycles. The van der Waals surface area contributed by atoms with Crippen molar-refractivity contribution >= 4 is 12.1 Å². The van der Waals surface area contributed by atoms with Crippen molar-refractivity contribution in [1.82, 2.24) is 14.9 Å². The van der Waals surface area contributed by atoms with Gasteiger partial charge in [-0.15, -0.1) is 0 Å². The Balaban J connectivity index is 1.81. The maximum atomic E-state index is 11.8. The number of aromatic nitrogens is 2. The summed E-state index contributed by atoms with van der Waals surface area (Å²) in [6.45, 7) is 6.62. The topological polar surface area (TPSA) is 102 Å². The quantitative estimate of drug-likeness (QED) is 0.788. The molecule has 3 rings (SSSR count). The van der Waals surface area contributed by atoms with Crippen LogP contribution in [-0.4, -0.2) is 51.7 Å². The van der Waals surface area contributed by atoms with Crippen molar-refractivity contribution in [2.75, 3.05) is 13.7 Å². The molecule has 29 heavy (non-hydrogen) atoms. The summed E-state index contributed by atoms with van der Waals surface area (Å²) >= 11 is 0. The van der Waals surface area contributed by atoms with Crippen molar-refractivity contribution < 1.29 is 24.2 Å². The number of carboxylic acid groups (broad SMARTS) is 1. The molecule has 1 amide bonds. The molecular formula is C21H25N3O5. The molecule has 0 fully saturated rings. The van der Waals surface area contributed by atoms with Crippen LogP contribution in [0.2, 0.25) is 0 Å². The lowest BCUT2D eigenvalue weighted by Crippen LogP contribution is -2.47. The minimum absolute atomic E-state index is 0.101. The third-order valence-electron chi connectivity index (χ3n) is 5.08. The number of benzene rings is 1. The zero-order chi connectivity index (χ0) is 21.2. The number of amides is 1. The predicted molar refractivity (Wildman–Crippen MR) is 105 cm³/mol. The first-order valence-corrected chi connectivity index (χ1v) is 9.38. The molecule has 8 nitrogen and oxygen atoms in total. The van der Waals surface area contributed by atoms with Crippen LogP contribution in [0.25, 0.3) is 0 Å². The van der Waals surface area contributed by atoms with Gasteiger partial charge in [-0.1, -0.05) is 26.8 Å². The molecule has 154 valence electrons. The number of fused-ring (bicyclic) bond motifs is 1. The molecule has 1 N–H and O–H groups in total. The minimum Gasteiger partial charge on any atom is -0.465 e. The Labute approximate surface area is 169 Å². The summed E-state index contributed by atoms with van der Waals surface area (Å²) in [4.78, 5) is 32.8. The van der Waals surface area contributed by atoms with Crippen molar-refractivity contribution in [1.29, 1.82) is 0 Å². The lowest BCUT2D eigenvalue weighted by Gasteiger charge is -2.37. The Morgan fingerprint density at radius 3 is 2.52 bits per heavy atom. The molecule has 8 heteroatoms. The minimum atomic E-state index is -0.893. The standard InChI is InChI=1S/C21H25N3O5/c1-21(2,3)17-10-13-5-6-15(9-14(13)7-8-24(17)20(26)27)29-18-12-22-16(11-23-18)19(25)28-4/h5-6,9,11-12,17H,7-8,10H2,1-4H3,(H,26,27). The zero-order valence-corrected chi connectivity index (χ0v) is 17.0.